The van der Waals surface area contributed by atoms with Gasteiger partial charge in [-0.25, -0.2) is 4.79 Å². The molecule has 0 saturated heterocycles. The van der Waals surface area contributed by atoms with Crippen LogP contribution in [0.4, 0.5) is 5.69 Å². The van der Waals surface area contributed by atoms with Crippen molar-refractivity contribution in [2.75, 3.05) is 5.73 Å². The van der Waals surface area contributed by atoms with Crippen LogP contribution in [0.5, 0.6) is 0 Å². The average Bonchev–Trinajstić information content (AvgIpc) is 2.26. The zero-order chi connectivity index (χ0) is 13.3. The molecule has 2 aromatic rings. The van der Waals surface area contributed by atoms with E-state index < -0.39 is 5.97 Å². The Morgan fingerprint density at radius 3 is 2.11 bits per heavy atom. The van der Waals surface area contributed by atoms with E-state index in [1.807, 2.05) is 0 Å². The number of anilines is 1. The van der Waals surface area contributed by atoms with Crippen LogP contribution in [-0.4, -0.2) is 11.1 Å². The summed E-state index contributed by atoms with van der Waals surface area (Å²) < 4.78 is 0. The molecular weight excluding hydrogens is 273 g/mol. The first-order valence-corrected chi connectivity index (χ1v) is 5.82. The fourth-order valence-electron chi connectivity index (χ4n) is 1.66. The molecule has 0 fully saturated rings. The topological polar surface area (TPSA) is 63.3 Å². The maximum Gasteiger partial charge on any atom is 0.337 e. The molecule has 0 amide bonds. The van der Waals surface area contributed by atoms with E-state index in [0.29, 0.717) is 10.0 Å². The molecular formula is C13H9Cl2NO2. The van der Waals surface area contributed by atoms with Gasteiger partial charge in [0, 0.05) is 15.7 Å². The van der Waals surface area contributed by atoms with E-state index in [0.717, 1.165) is 11.1 Å². The zero-order valence-electron chi connectivity index (χ0n) is 9.15. The highest BCUT2D eigenvalue weighted by molar-refractivity contribution is 6.35. The van der Waals surface area contributed by atoms with Crippen LogP contribution >= 0.6 is 23.2 Å². The minimum Gasteiger partial charge on any atom is -0.478 e. The molecule has 2 aromatic carbocycles. The van der Waals surface area contributed by atoms with Gasteiger partial charge in [-0.05, 0) is 41.5 Å². The highest BCUT2D eigenvalue weighted by Crippen LogP contribution is 2.29. The SMILES string of the molecule is Nc1cc(-c2cc(Cl)cc(Cl)c2)ccc1C(=O)O. The van der Waals surface area contributed by atoms with Crippen molar-refractivity contribution in [3.63, 3.8) is 0 Å². The molecule has 92 valence electrons. The third kappa shape index (κ3) is 2.58. The van der Waals surface area contributed by atoms with Gasteiger partial charge >= 0.3 is 5.97 Å². The molecule has 0 aliphatic rings. The Morgan fingerprint density at radius 2 is 1.61 bits per heavy atom. The van der Waals surface area contributed by atoms with Gasteiger partial charge in [-0.3, -0.25) is 0 Å². The van der Waals surface area contributed by atoms with Crippen LogP contribution in [0.1, 0.15) is 10.4 Å². The molecule has 0 aromatic heterocycles. The standard InChI is InChI=1S/C13H9Cl2NO2/c14-9-3-8(4-10(15)6-9)7-1-2-11(13(17)18)12(16)5-7/h1-6H,16H2,(H,17,18). The second kappa shape index (κ2) is 4.88. The molecule has 0 aliphatic carbocycles. The van der Waals surface area contributed by atoms with Gasteiger partial charge in [-0.1, -0.05) is 29.3 Å². The summed E-state index contributed by atoms with van der Waals surface area (Å²) >= 11 is 11.8. The van der Waals surface area contributed by atoms with Gasteiger partial charge in [-0.15, -0.1) is 0 Å². The Balaban J connectivity index is 2.52. The van der Waals surface area contributed by atoms with Crippen LogP contribution in [-0.2, 0) is 0 Å². The highest BCUT2D eigenvalue weighted by Gasteiger charge is 2.09. The van der Waals surface area contributed by atoms with Crippen LogP contribution in [0.3, 0.4) is 0 Å². The summed E-state index contributed by atoms with van der Waals surface area (Å²) in [6.45, 7) is 0. The quantitative estimate of drug-likeness (QED) is 0.820. The predicted octanol–water partition coefficient (Wildman–Crippen LogP) is 3.94. The molecule has 18 heavy (non-hydrogen) atoms. The largest absolute Gasteiger partial charge is 0.478 e. The third-order valence-corrected chi connectivity index (χ3v) is 2.91. The summed E-state index contributed by atoms with van der Waals surface area (Å²) in [7, 11) is 0. The number of nitrogens with two attached hydrogens (primary N) is 1. The van der Waals surface area contributed by atoms with Gasteiger partial charge in [-0.2, -0.15) is 0 Å². The number of rotatable bonds is 2. The first-order chi connectivity index (χ1) is 8.47. The van der Waals surface area contributed by atoms with Crippen molar-refractivity contribution in [1.82, 2.24) is 0 Å². The zero-order valence-corrected chi connectivity index (χ0v) is 10.7. The van der Waals surface area contributed by atoms with Crippen molar-refractivity contribution in [3.05, 3.63) is 52.0 Å². The third-order valence-electron chi connectivity index (χ3n) is 2.48. The van der Waals surface area contributed by atoms with E-state index in [2.05, 4.69) is 0 Å². The number of carboxylic acid groups (broad SMARTS) is 1. The van der Waals surface area contributed by atoms with Crippen LogP contribution < -0.4 is 5.73 Å². The lowest BCUT2D eigenvalue weighted by molar-refractivity contribution is 0.0698. The van der Waals surface area contributed by atoms with E-state index in [1.165, 1.54) is 6.07 Å². The monoisotopic (exact) mass is 281 g/mol. The van der Waals surface area contributed by atoms with Crippen LogP contribution in [0.25, 0.3) is 11.1 Å². The van der Waals surface area contributed by atoms with E-state index in [4.69, 9.17) is 34.0 Å². The second-order valence-electron chi connectivity index (χ2n) is 3.77. The maximum absolute atomic E-state index is 10.9. The summed E-state index contributed by atoms with van der Waals surface area (Å²) in [6.07, 6.45) is 0. The molecule has 0 spiro atoms. The second-order valence-corrected chi connectivity index (χ2v) is 4.64. The lowest BCUT2D eigenvalue weighted by Crippen LogP contribution is -2.02. The van der Waals surface area contributed by atoms with E-state index >= 15 is 0 Å². The summed E-state index contributed by atoms with van der Waals surface area (Å²) in [4.78, 5) is 10.9. The summed E-state index contributed by atoms with van der Waals surface area (Å²) in [5, 5.41) is 9.92. The fourth-order valence-corrected chi connectivity index (χ4v) is 2.18. The maximum atomic E-state index is 10.9. The number of hydrogen-bond donors (Lipinski definition) is 2. The van der Waals surface area contributed by atoms with Crippen molar-refractivity contribution in [1.29, 1.82) is 0 Å². The molecule has 0 atom stereocenters. The molecule has 0 aliphatic heterocycles. The Morgan fingerprint density at radius 1 is 1.00 bits per heavy atom. The van der Waals surface area contributed by atoms with E-state index in [-0.39, 0.29) is 11.3 Å². The van der Waals surface area contributed by atoms with Gasteiger partial charge < -0.3 is 10.8 Å². The van der Waals surface area contributed by atoms with Gasteiger partial charge in [0.2, 0.25) is 0 Å². The van der Waals surface area contributed by atoms with Crippen molar-refractivity contribution in [2.24, 2.45) is 0 Å². The minimum atomic E-state index is -1.05. The van der Waals surface area contributed by atoms with Crippen molar-refractivity contribution >= 4 is 34.9 Å². The predicted molar refractivity (Wildman–Crippen MR) is 73.3 cm³/mol. The Bertz CT molecular complexity index is 606. The van der Waals surface area contributed by atoms with Crippen LogP contribution in [0.15, 0.2) is 36.4 Å². The number of hydrogen-bond acceptors (Lipinski definition) is 2. The van der Waals surface area contributed by atoms with Crippen LogP contribution in [0, 0.1) is 0 Å². The van der Waals surface area contributed by atoms with Gasteiger partial charge in [0.15, 0.2) is 0 Å². The summed E-state index contributed by atoms with van der Waals surface area (Å²) in [5.74, 6) is -1.05. The molecule has 0 unspecified atom stereocenters. The lowest BCUT2D eigenvalue weighted by atomic mass is 10.0. The Labute approximate surface area is 114 Å². The van der Waals surface area contributed by atoms with Gasteiger partial charge in [0.05, 0.1) is 5.56 Å². The summed E-state index contributed by atoms with van der Waals surface area (Å²) in [6, 6.07) is 9.82. The normalized spacial score (nSPS) is 10.3. The van der Waals surface area contributed by atoms with Crippen molar-refractivity contribution < 1.29 is 9.90 Å². The first-order valence-electron chi connectivity index (χ1n) is 5.06. The highest BCUT2D eigenvalue weighted by atomic mass is 35.5. The van der Waals surface area contributed by atoms with E-state index in [9.17, 15) is 4.79 Å². The van der Waals surface area contributed by atoms with Gasteiger partial charge in [0.1, 0.15) is 0 Å². The number of aromatic carboxylic acids is 1. The number of carbonyl (C=O) groups is 1. The first kappa shape index (κ1) is 12.7. The molecule has 0 radical (unpaired) electrons. The molecule has 5 heteroatoms. The lowest BCUT2D eigenvalue weighted by Gasteiger charge is -2.07. The minimum absolute atomic E-state index is 0.0758. The fraction of sp³-hybridized carbons (Fsp3) is 0. The van der Waals surface area contributed by atoms with E-state index in [1.54, 1.807) is 30.3 Å². The Hall–Kier alpha value is -1.71. The molecule has 2 rings (SSSR count). The van der Waals surface area contributed by atoms with Gasteiger partial charge in [0.25, 0.3) is 0 Å². The molecule has 0 heterocycles. The number of benzene rings is 2. The molecule has 0 bridgehead atoms. The number of halogens is 2. The van der Waals surface area contributed by atoms with Crippen molar-refractivity contribution in [2.45, 2.75) is 0 Å². The molecule has 0 saturated carbocycles. The average molecular weight is 282 g/mol. The summed E-state index contributed by atoms with van der Waals surface area (Å²) in [5.41, 5.74) is 7.52. The van der Waals surface area contributed by atoms with Crippen molar-refractivity contribution in [3.8, 4) is 11.1 Å². The molecule has 3 N–H and O–H groups in total. The smallest absolute Gasteiger partial charge is 0.337 e. The Kier molecular flexibility index (Phi) is 3.45. The molecule has 3 nitrogen and oxygen atoms in total. The number of carboxylic acids is 1. The number of nitrogen functional groups attached to an aromatic ring is 1. The van der Waals surface area contributed by atoms with Crippen LogP contribution in [0.2, 0.25) is 10.0 Å².